The van der Waals surface area contributed by atoms with Crippen LogP contribution in [0.1, 0.15) is 48.0 Å². The fraction of sp³-hybridized carbons (Fsp3) is 1.00. The highest BCUT2D eigenvalue weighted by Gasteiger charge is 2.34. The van der Waals surface area contributed by atoms with Crippen molar-refractivity contribution in [1.29, 1.82) is 0 Å². The highest BCUT2D eigenvalue weighted by atomic mass is 32.2. The summed E-state index contributed by atoms with van der Waals surface area (Å²) in [6.45, 7) is 13.9. The summed E-state index contributed by atoms with van der Waals surface area (Å²) >= 11 is 2.09. The maximum absolute atomic E-state index is 3.75. The molecule has 0 aliphatic carbocycles. The van der Waals surface area contributed by atoms with Gasteiger partial charge in [0.15, 0.2) is 0 Å². The van der Waals surface area contributed by atoms with Gasteiger partial charge in [-0.1, -0.05) is 41.5 Å². The van der Waals surface area contributed by atoms with E-state index in [1.165, 1.54) is 12.2 Å². The maximum Gasteiger partial charge on any atom is 0.0584 e. The Hall–Kier alpha value is 0.310. The summed E-state index contributed by atoms with van der Waals surface area (Å²) in [4.78, 5) is 0. The average Bonchev–Trinajstić information content (AvgIpc) is 2.29. The molecule has 1 aliphatic rings. The molecule has 84 valence electrons. The molecular formula is C12H25NS. The summed E-state index contributed by atoms with van der Waals surface area (Å²) in [6, 6.07) is 0.712. The van der Waals surface area contributed by atoms with E-state index in [1.807, 2.05) is 0 Å². The molecule has 1 rings (SSSR count). The number of hydrogen-bond acceptors (Lipinski definition) is 2. The van der Waals surface area contributed by atoms with Crippen molar-refractivity contribution >= 4 is 11.8 Å². The molecule has 0 aromatic carbocycles. The van der Waals surface area contributed by atoms with Crippen LogP contribution in [0.3, 0.4) is 0 Å². The van der Waals surface area contributed by atoms with Gasteiger partial charge in [-0.3, -0.25) is 0 Å². The second-order valence-electron chi connectivity index (χ2n) is 6.71. The van der Waals surface area contributed by atoms with Crippen LogP contribution in [-0.4, -0.2) is 17.2 Å². The van der Waals surface area contributed by atoms with E-state index >= 15 is 0 Å². The van der Waals surface area contributed by atoms with Crippen LogP contribution < -0.4 is 5.32 Å². The smallest absolute Gasteiger partial charge is 0.0584 e. The molecule has 1 saturated heterocycles. The Morgan fingerprint density at radius 2 is 1.71 bits per heavy atom. The molecule has 1 nitrogen and oxygen atoms in total. The Balaban J connectivity index is 2.42. The molecule has 14 heavy (non-hydrogen) atoms. The first kappa shape index (κ1) is 12.4. The molecule has 1 heterocycles. The Morgan fingerprint density at radius 1 is 1.14 bits per heavy atom. The molecule has 0 aromatic rings. The molecule has 0 bridgehead atoms. The summed E-state index contributed by atoms with van der Waals surface area (Å²) in [5, 5.41) is 4.38. The van der Waals surface area contributed by atoms with Gasteiger partial charge in [0.25, 0.3) is 0 Å². The molecular weight excluding hydrogens is 190 g/mol. The van der Waals surface area contributed by atoms with Crippen LogP contribution in [0.2, 0.25) is 0 Å². The van der Waals surface area contributed by atoms with Crippen LogP contribution in [0, 0.1) is 10.8 Å². The minimum absolute atomic E-state index is 0.386. The largest absolute Gasteiger partial charge is 0.301 e. The van der Waals surface area contributed by atoms with E-state index in [1.54, 1.807) is 0 Å². The quantitative estimate of drug-likeness (QED) is 0.718. The SMILES string of the molecule is CC(C)(C)CC1CSC(C(C)(C)C)N1. The highest BCUT2D eigenvalue weighted by molar-refractivity contribution is 8.00. The van der Waals surface area contributed by atoms with E-state index in [4.69, 9.17) is 0 Å². The normalized spacial score (nSPS) is 29.6. The zero-order chi connectivity index (χ0) is 11.0. The molecule has 0 aromatic heterocycles. The van der Waals surface area contributed by atoms with Crippen LogP contribution >= 0.6 is 11.8 Å². The summed E-state index contributed by atoms with van der Waals surface area (Å²) in [7, 11) is 0. The van der Waals surface area contributed by atoms with Gasteiger partial charge in [0, 0.05) is 11.8 Å². The fourth-order valence-corrected chi connectivity index (χ4v) is 3.31. The number of nitrogens with one attached hydrogen (secondary N) is 1. The van der Waals surface area contributed by atoms with Crippen LogP contribution in [0.15, 0.2) is 0 Å². The van der Waals surface area contributed by atoms with E-state index in [-0.39, 0.29) is 0 Å². The predicted molar refractivity (Wildman–Crippen MR) is 66.7 cm³/mol. The van der Waals surface area contributed by atoms with Gasteiger partial charge >= 0.3 is 0 Å². The first-order chi connectivity index (χ1) is 6.18. The van der Waals surface area contributed by atoms with Gasteiger partial charge in [-0.2, -0.15) is 0 Å². The second kappa shape index (κ2) is 4.05. The first-order valence-corrected chi connectivity index (χ1v) is 6.61. The molecule has 2 atom stereocenters. The second-order valence-corrected chi connectivity index (χ2v) is 7.85. The molecule has 0 saturated carbocycles. The standard InChI is InChI=1S/C12H25NS/c1-11(2,3)7-9-8-14-10(13-9)12(4,5)6/h9-10,13H,7-8H2,1-6H3. The third kappa shape index (κ3) is 3.82. The molecule has 0 radical (unpaired) electrons. The van der Waals surface area contributed by atoms with Gasteiger partial charge < -0.3 is 5.32 Å². The third-order valence-electron chi connectivity index (χ3n) is 2.50. The van der Waals surface area contributed by atoms with Gasteiger partial charge in [0.05, 0.1) is 5.37 Å². The van der Waals surface area contributed by atoms with Crippen molar-refractivity contribution in [3.8, 4) is 0 Å². The van der Waals surface area contributed by atoms with Crippen molar-refractivity contribution in [2.45, 2.75) is 59.4 Å². The number of thioether (sulfide) groups is 1. The van der Waals surface area contributed by atoms with Crippen LogP contribution in [0.5, 0.6) is 0 Å². The van der Waals surface area contributed by atoms with Gasteiger partial charge in [0.2, 0.25) is 0 Å². The lowest BCUT2D eigenvalue weighted by Gasteiger charge is -2.28. The van der Waals surface area contributed by atoms with E-state index < -0.39 is 0 Å². The minimum atomic E-state index is 0.386. The fourth-order valence-electron chi connectivity index (χ4n) is 1.88. The summed E-state index contributed by atoms with van der Waals surface area (Å²) < 4.78 is 0. The molecule has 1 aliphatic heterocycles. The van der Waals surface area contributed by atoms with E-state index in [0.29, 0.717) is 22.2 Å². The maximum atomic E-state index is 3.75. The summed E-state index contributed by atoms with van der Waals surface area (Å²) in [6.07, 6.45) is 1.28. The Bertz CT molecular complexity index is 187. The van der Waals surface area contributed by atoms with E-state index in [9.17, 15) is 0 Å². The molecule has 1 N–H and O–H groups in total. The molecule has 0 amide bonds. The Morgan fingerprint density at radius 3 is 2.07 bits per heavy atom. The molecule has 2 heteroatoms. The van der Waals surface area contributed by atoms with Crippen LogP contribution in [-0.2, 0) is 0 Å². The lowest BCUT2D eigenvalue weighted by molar-refractivity contribution is 0.288. The molecule has 2 unspecified atom stereocenters. The van der Waals surface area contributed by atoms with Gasteiger partial charge in [-0.25, -0.2) is 0 Å². The number of hydrogen-bond donors (Lipinski definition) is 1. The van der Waals surface area contributed by atoms with Gasteiger partial charge in [-0.05, 0) is 17.3 Å². The summed E-state index contributed by atoms with van der Waals surface area (Å²) in [5.74, 6) is 1.28. The average molecular weight is 215 g/mol. The van der Waals surface area contributed by atoms with Crippen molar-refractivity contribution in [2.24, 2.45) is 10.8 Å². The third-order valence-corrected chi connectivity index (χ3v) is 4.27. The predicted octanol–water partition coefficient (Wildman–Crippen LogP) is 3.50. The van der Waals surface area contributed by atoms with Crippen LogP contribution in [0.4, 0.5) is 0 Å². The van der Waals surface area contributed by atoms with Gasteiger partial charge in [0.1, 0.15) is 0 Å². The monoisotopic (exact) mass is 215 g/mol. The lowest BCUT2D eigenvalue weighted by Crippen LogP contribution is -2.39. The Labute approximate surface area is 93.4 Å². The minimum Gasteiger partial charge on any atom is -0.301 e. The summed E-state index contributed by atoms with van der Waals surface area (Å²) in [5.41, 5.74) is 0.836. The van der Waals surface area contributed by atoms with Crippen molar-refractivity contribution in [3.05, 3.63) is 0 Å². The van der Waals surface area contributed by atoms with Crippen molar-refractivity contribution < 1.29 is 0 Å². The van der Waals surface area contributed by atoms with Crippen molar-refractivity contribution in [3.63, 3.8) is 0 Å². The first-order valence-electron chi connectivity index (χ1n) is 5.56. The highest BCUT2D eigenvalue weighted by Crippen LogP contribution is 2.36. The lowest BCUT2D eigenvalue weighted by atomic mass is 9.88. The van der Waals surface area contributed by atoms with Gasteiger partial charge in [-0.15, -0.1) is 11.8 Å². The van der Waals surface area contributed by atoms with Crippen molar-refractivity contribution in [1.82, 2.24) is 5.32 Å². The zero-order valence-corrected chi connectivity index (χ0v) is 11.3. The number of rotatable bonds is 1. The van der Waals surface area contributed by atoms with E-state index in [0.717, 1.165) is 0 Å². The molecule has 1 fully saturated rings. The Kier molecular flexibility index (Phi) is 3.58. The topological polar surface area (TPSA) is 12.0 Å². The molecule has 0 spiro atoms. The van der Waals surface area contributed by atoms with Crippen molar-refractivity contribution in [2.75, 3.05) is 5.75 Å². The van der Waals surface area contributed by atoms with E-state index in [2.05, 4.69) is 58.6 Å². The zero-order valence-electron chi connectivity index (χ0n) is 10.5. The van der Waals surface area contributed by atoms with Crippen LogP contribution in [0.25, 0.3) is 0 Å².